The Morgan fingerprint density at radius 2 is 1.77 bits per heavy atom. The Kier molecular flexibility index (Phi) is 10.2. The third-order valence-corrected chi connectivity index (χ3v) is 22.0. The second kappa shape index (κ2) is 15.1. The maximum absolute atomic E-state index is 18.0. The van der Waals surface area contributed by atoms with E-state index in [0.29, 0.717) is 63.8 Å². The zero-order valence-electron chi connectivity index (χ0n) is 39.0. The van der Waals surface area contributed by atoms with E-state index in [0.717, 1.165) is 37.7 Å². The summed E-state index contributed by atoms with van der Waals surface area (Å²) in [7, 11) is -2.29. The molecule has 0 radical (unpaired) electrons. The van der Waals surface area contributed by atoms with Crippen molar-refractivity contribution in [1.82, 2.24) is 24.8 Å². The van der Waals surface area contributed by atoms with Crippen LogP contribution >= 0.6 is 0 Å². The molecule has 4 saturated heterocycles. The van der Waals surface area contributed by atoms with Crippen molar-refractivity contribution in [2.45, 2.75) is 147 Å². The number of pyridine rings is 1. The van der Waals surface area contributed by atoms with Gasteiger partial charge in [-0.2, -0.15) is 9.97 Å². The summed E-state index contributed by atoms with van der Waals surface area (Å²) in [5, 5.41) is 1.55. The number of nitrogens with zero attached hydrogens (tertiary/aromatic N) is 6. The van der Waals surface area contributed by atoms with Gasteiger partial charge in [0.2, 0.25) is 5.88 Å². The minimum Gasteiger partial charge on any atom is -0.472 e. The highest BCUT2D eigenvalue weighted by atomic mass is 28.3. The molecular weight excluding hydrogens is 827 g/mol. The molecule has 7 atom stereocenters. The first-order valence-electron chi connectivity index (χ1n) is 23.5. The molecule has 13 heteroatoms. The first-order valence-corrected chi connectivity index (χ1v) is 25.7. The smallest absolute Gasteiger partial charge is 0.410 e. The Hall–Kier alpha value is -4.80. The van der Waals surface area contributed by atoms with E-state index in [9.17, 15) is 4.79 Å². The number of hydrogen-bond donors (Lipinski definition) is 0. The van der Waals surface area contributed by atoms with Gasteiger partial charge in [0.05, 0.1) is 29.2 Å². The predicted octanol–water partition coefficient (Wildman–Crippen LogP) is 10.5. The number of rotatable bonds is 7. The molecular formula is C51H62F2N6O4Si. The Labute approximate surface area is 377 Å². The van der Waals surface area contributed by atoms with Gasteiger partial charge < -0.3 is 19.1 Å². The quantitative estimate of drug-likeness (QED) is 0.102. The van der Waals surface area contributed by atoms with Crippen LogP contribution in [0.25, 0.3) is 32.9 Å². The molecule has 10 rings (SSSR count). The number of benzene rings is 2. The highest BCUT2D eigenvalue weighted by Crippen LogP contribution is 2.60. The van der Waals surface area contributed by atoms with Crippen LogP contribution in [0.3, 0.4) is 0 Å². The Morgan fingerprint density at radius 3 is 2.48 bits per heavy atom. The van der Waals surface area contributed by atoms with Gasteiger partial charge in [0.15, 0.2) is 5.82 Å². The van der Waals surface area contributed by atoms with Crippen LogP contribution in [0.5, 0.6) is 11.9 Å². The molecule has 5 fully saturated rings. The third-order valence-electron chi connectivity index (χ3n) is 15.7. The lowest BCUT2D eigenvalue weighted by molar-refractivity contribution is 0.000931. The maximum atomic E-state index is 18.0. The number of piperidine rings is 1. The van der Waals surface area contributed by atoms with E-state index in [4.69, 9.17) is 29.2 Å². The molecule has 6 aliphatic rings. The van der Waals surface area contributed by atoms with Gasteiger partial charge in [0, 0.05) is 30.6 Å². The van der Waals surface area contributed by atoms with Crippen LogP contribution < -0.4 is 14.4 Å². The third kappa shape index (κ3) is 6.62. The average Bonchev–Trinajstić information content (AvgIpc) is 3.74. The van der Waals surface area contributed by atoms with E-state index < -0.39 is 31.4 Å². The number of carbonyl (C=O) groups is 1. The first-order chi connectivity index (χ1) is 30.3. The second-order valence-electron chi connectivity index (χ2n) is 21.6. The van der Waals surface area contributed by atoms with Crippen molar-refractivity contribution < 1.29 is 27.8 Å². The van der Waals surface area contributed by atoms with Crippen molar-refractivity contribution in [3.63, 3.8) is 0 Å². The van der Waals surface area contributed by atoms with Crippen molar-refractivity contribution >= 4 is 41.7 Å². The summed E-state index contributed by atoms with van der Waals surface area (Å²) in [5.41, 5.74) is 5.67. The Bertz CT molecular complexity index is 2650. The SMILES string of the molecule is C=C1CN2C[C@@H]3C[C@@H]3C2(COc2nc3c4c(nc(-c5cccc6ccc(F)c(C#C[Si](C(C)C)(C(C)C)C(C)C)c56)c(F)c4n2)O[C@@H](C)[C@@H]2[C@@H]4CC[C@H](CN32)N4C(=O)OC(C)(C)C)C1. The lowest BCUT2D eigenvalue weighted by atomic mass is 9.91. The minimum atomic E-state index is -2.29. The van der Waals surface area contributed by atoms with E-state index in [1.807, 2.05) is 44.7 Å². The fourth-order valence-corrected chi connectivity index (χ4v) is 18.2. The predicted molar refractivity (Wildman–Crippen MR) is 249 cm³/mol. The van der Waals surface area contributed by atoms with E-state index >= 15 is 8.78 Å². The van der Waals surface area contributed by atoms with Gasteiger partial charge in [-0.15, -0.1) is 5.54 Å². The van der Waals surface area contributed by atoms with Crippen molar-refractivity contribution in [1.29, 1.82) is 0 Å². The van der Waals surface area contributed by atoms with Gasteiger partial charge in [-0.25, -0.2) is 18.6 Å². The van der Waals surface area contributed by atoms with Crippen LogP contribution in [0.2, 0.25) is 16.6 Å². The molecule has 1 aliphatic carbocycles. The molecule has 10 nitrogen and oxygen atoms in total. The van der Waals surface area contributed by atoms with Gasteiger partial charge in [-0.3, -0.25) is 9.80 Å². The lowest BCUT2D eigenvalue weighted by Gasteiger charge is -2.48. The summed E-state index contributed by atoms with van der Waals surface area (Å²) >= 11 is 0. The standard InChI is InChI=1S/C51H62F2N6O4Si/c1-27(2)64(28(3)4,29(5)6)20-19-35-38(52)17-15-32-13-12-14-36(40(32)35)43-42(53)44-41-46(56-48(55-44)61-26-51-22-30(7)23-57(51)24-33-21-37(33)51)58-25-34-16-18-39(45(58)31(8)62-47(41)54-43)59(34)49(60)63-50(9,10)11/h12-15,17,27-29,31,33-34,37,39,45H,7,16,18,21-26H2,1-6,8-11H3/t31-,33-,34+,37-,39-,45+,51?/m0/s1. The van der Waals surface area contributed by atoms with Gasteiger partial charge in [-0.05, 0) is 93.3 Å². The fourth-order valence-electron chi connectivity index (χ4n) is 13.0. The zero-order chi connectivity index (χ0) is 45.4. The van der Waals surface area contributed by atoms with Crippen LogP contribution in [0.15, 0.2) is 42.5 Å². The van der Waals surface area contributed by atoms with E-state index in [1.165, 1.54) is 18.1 Å². The summed E-state index contributed by atoms with van der Waals surface area (Å²) in [6.45, 7) is 28.0. The molecule has 338 valence electrons. The lowest BCUT2D eigenvalue weighted by Crippen LogP contribution is -2.65. The van der Waals surface area contributed by atoms with E-state index in [2.05, 4.69) is 69.4 Å². The van der Waals surface area contributed by atoms with Crippen molar-refractivity contribution in [2.24, 2.45) is 11.8 Å². The molecule has 2 aromatic carbocycles. The fraction of sp³-hybridized carbons (Fsp3) is 0.569. The molecule has 1 unspecified atom stereocenters. The van der Waals surface area contributed by atoms with Gasteiger partial charge in [0.1, 0.15) is 54.6 Å². The molecule has 1 amide bonds. The second-order valence-corrected chi connectivity index (χ2v) is 27.1. The van der Waals surface area contributed by atoms with Crippen LogP contribution in [0, 0.1) is 34.9 Å². The summed E-state index contributed by atoms with van der Waals surface area (Å²) in [5.74, 6) is 4.05. The Balaban J connectivity index is 1.15. The number of carbonyl (C=O) groups excluding carboxylic acids is 1. The molecule has 2 bridgehead atoms. The highest BCUT2D eigenvalue weighted by Gasteiger charge is 2.64. The molecule has 64 heavy (non-hydrogen) atoms. The number of ether oxygens (including phenoxy) is 3. The molecule has 7 heterocycles. The van der Waals surface area contributed by atoms with Crippen molar-refractivity contribution in [3.8, 4) is 34.6 Å². The number of piperazine rings is 1. The first kappa shape index (κ1) is 43.1. The summed E-state index contributed by atoms with van der Waals surface area (Å²) in [4.78, 5) is 35.5. The van der Waals surface area contributed by atoms with E-state index in [-0.39, 0.29) is 58.4 Å². The van der Waals surface area contributed by atoms with Crippen molar-refractivity contribution in [2.75, 3.05) is 31.1 Å². The van der Waals surface area contributed by atoms with Gasteiger partial charge in [-0.1, -0.05) is 83.9 Å². The van der Waals surface area contributed by atoms with Gasteiger partial charge >= 0.3 is 12.1 Å². The monoisotopic (exact) mass is 888 g/mol. The average molecular weight is 889 g/mol. The topological polar surface area (TPSA) is 93.2 Å². The molecule has 4 aromatic rings. The van der Waals surface area contributed by atoms with Crippen molar-refractivity contribution in [3.05, 3.63) is 59.7 Å². The Morgan fingerprint density at radius 1 is 1.02 bits per heavy atom. The highest BCUT2D eigenvalue weighted by molar-refractivity contribution is 6.90. The molecule has 0 spiro atoms. The largest absolute Gasteiger partial charge is 0.472 e. The number of aromatic nitrogens is 3. The molecule has 2 aromatic heterocycles. The van der Waals surface area contributed by atoms with Crippen LogP contribution in [-0.4, -0.2) is 101 Å². The maximum Gasteiger partial charge on any atom is 0.410 e. The minimum absolute atomic E-state index is 0.0163. The molecule has 1 saturated carbocycles. The van der Waals surface area contributed by atoms with Crippen LogP contribution in [0.1, 0.15) is 100 Å². The zero-order valence-corrected chi connectivity index (χ0v) is 40.0. The number of fused-ring (bicyclic) bond motifs is 9. The van der Waals surface area contributed by atoms with Gasteiger partial charge in [0.25, 0.3) is 0 Å². The number of amides is 1. The molecule has 5 aliphatic heterocycles. The normalized spacial score (nSPS) is 27.1. The molecule has 0 N–H and O–H groups in total. The summed E-state index contributed by atoms with van der Waals surface area (Å²) in [6, 6.07) is 7.96. The number of halogens is 2. The van der Waals surface area contributed by atoms with Crippen LogP contribution in [-0.2, 0) is 4.74 Å². The van der Waals surface area contributed by atoms with Crippen LogP contribution in [0.4, 0.5) is 19.4 Å². The number of hydrogen-bond acceptors (Lipinski definition) is 9. The van der Waals surface area contributed by atoms with E-state index in [1.54, 1.807) is 12.1 Å². The summed E-state index contributed by atoms with van der Waals surface area (Å²) < 4.78 is 53.9. The number of anilines is 1. The summed E-state index contributed by atoms with van der Waals surface area (Å²) in [6.07, 6.45) is 2.66.